The summed E-state index contributed by atoms with van der Waals surface area (Å²) in [7, 11) is 1.67. The molecule has 1 unspecified atom stereocenters. The number of fused-ring (bicyclic) bond motifs is 1. The molecule has 5 rings (SSSR count). The minimum Gasteiger partial charge on any atom is -0.508 e. The van der Waals surface area contributed by atoms with Crippen molar-refractivity contribution in [2.24, 2.45) is 0 Å². The highest BCUT2D eigenvalue weighted by molar-refractivity contribution is 5.88. The topological polar surface area (TPSA) is 51.2 Å². The van der Waals surface area contributed by atoms with Gasteiger partial charge in [-0.25, -0.2) is 0 Å². The maximum absolute atomic E-state index is 9.96. The fourth-order valence-corrected chi connectivity index (χ4v) is 4.66. The van der Waals surface area contributed by atoms with E-state index in [9.17, 15) is 5.11 Å². The molecule has 1 fully saturated rings. The van der Waals surface area contributed by atoms with E-state index in [4.69, 9.17) is 14.2 Å². The minimum absolute atomic E-state index is 0.191. The first-order valence-corrected chi connectivity index (χ1v) is 12.0. The molecule has 2 aliphatic heterocycles. The summed E-state index contributed by atoms with van der Waals surface area (Å²) in [6, 6.07) is 21.4. The van der Waals surface area contributed by atoms with Gasteiger partial charge in [-0.15, -0.1) is 0 Å². The highest BCUT2D eigenvalue weighted by Crippen LogP contribution is 2.43. The van der Waals surface area contributed by atoms with Gasteiger partial charge in [0.25, 0.3) is 0 Å². The number of hydrogen-bond donors (Lipinski definition) is 1. The van der Waals surface area contributed by atoms with E-state index in [1.54, 1.807) is 19.2 Å². The Labute approximate surface area is 201 Å². The van der Waals surface area contributed by atoms with Crippen molar-refractivity contribution < 1.29 is 19.3 Å². The molecule has 2 heterocycles. The molecule has 3 aromatic rings. The van der Waals surface area contributed by atoms with Crippen LogP contribution in [-0.4, -0.2) is 43.4 Å². The predicted molar refractivity (Wildman–Crippen MR) is 135 cm³/mol. The van der Waals surface area contributed by atoms with Crippen molar-refractivity contribution in [1.29, 1.82) is 0 Å². The number of piperidine rings is 1. The fourth-order valence-electron chi connectivity index (χ4n) is 4.66. The second-order valence-corrected chi connectivity index (χ2v) is 8.87. The largest absolute Gasteiger partial charge is 0.508 e. The third kappa shape index (κ3) is 5.05. The van der Waals surface area contributed by atoms with Crippen LogP contribution in [0.2, 0.25) is 0 Å². The molecule has 0 bridgehead atoms. The van der Waals surface area contributed by atoms with Gasteiger partial charge in [0, 0.05) is 23.7 Å². The molecule has 0 radical (unpaired) electrons. The zero-order valence-corrected chi connectivity index (χ0v) is 19.6. The van der Waals surface area contributed by atoms with Crippen LogP contribution in [0.3, 0.4) is 0 Å². The number of methoxy groups -OCH3 is 1. The molecule has 5 heteroatoms. The first-order valence-electron chi connectivity index (χ1n) is 12.0. The standard InChI is InChI=1S/C29H31NO4/c1-32-25-11-6-21(7-12-25)27-19-23-5-10-24(31)20-28(23)34-29(27)22-8-13-26(14-9-22)33-18-17-30-15-3-2-4-16-30/h5-14,19-20,29,31H,2-4,15-18H2,1H3. The van der Waals surface area contributed by atoms with Gasteiger partial charge in [0.05, 0.1) is 7.11 Å². The molecule has 1 N–H and O–H groups in total. The van der Waals surface area contributed by atoms with E-state index in [1.165, 1.54) is 32.4 Å². The number of phenolic OH excluding ortho intramolecular Hbond substituents is 1. The van der Waals surface area contributed by atoms with E-state index in [1.807, 2.05) is 42.5 Å². The number of rotatable bonds is 7. The molecule has 0 amide bonds. The first-order chi connectivity index (χ1) is 16.7. The molecule has 0 aromatic heterocycles. The smallest absolute Gasteiger partial charge is 0.149 e. The second kappa shape index (κ2) is 10.2. The summed E-state index contributed by atoms with van der Waals surface area (Å²) in [4.78, 5) is 2.48. The second-order valence-electron chi connectivity index (χ2n) is 8.87. The zero-order chi connectivity index (χ0) is 23.3. The van der Waals surface area contributed by atoms with Gasteiger partial charge in [-0.05, 0) is 79.5 Å². The highest BCUT2D eigenvalue weighted by atomic mass is 16.5. The van der Waals surface area contributed by atoms with Crippen LogP contribution in [0.5, 0.6) is 23.0 Å². The molecule has 34 heavy (non-hydrogen) atoms. The number of benzene rings is 3. The van der Waals surface area contributed by atoms with Crippen molar-refractivity contribution in [3.05, 3.63) is 83.4 Å². The van der Waals surface area contributed by atoms with Crippen LogP contribution in [0.4, 0.5) is 0 Å². The van der Waals surface area contributed by atoms with Crippen molar-refractivity contribution >= 4 is 11.6 Å². The molecule has 0 saturated carbocycles. The van der Waals surface area contributed by atoms with E-state index < -0.39 is 0 Å². The molecule has 0 spiro atoms. The number of ether oxygens (including phenoxy) is 3. The van der Waals surface area contributed by atoms with E-state index in [-0.39, 0.29) is 11.9 Å². The van der Waals surface area contributed by atoms with Gasteiger partial charge in [-0.2, -0.15) is 0 Å². The summed E-state index contributed by atoms with van der Waals surface area (Å²) in [6.45, 7) is 4.03. The van der Waals surface area contributed by atoms with Crippen molar-refractivity contribution in [3.63, 3.8) is 0 Å². The van der Waals surface area contributed by atoms with Gasteiger partial charge in [-0.1, -0.05) is 30.7 Å². The number of hydrogen-bond acceptors (Lipinski definition) is 5. The summed E-state index contributed by atoms with van der Waals surface area (Å²) in [6.07, 6.45) is 5.76. The van der Waals surface area contributed by atoms with Gasteiger partial charge < -0.3 is 19.3 Å². The third-order valence-corrected chi connectivity index (χ3v) is 6.57. The van der Waals surface area contributed by atoms with Gasteiger partial charge in [0.1, 0.15) is 35.7 Å². The summed E-state index contributed by atoms with van der Waals surface area (Å²) >= 11 is 0. The molecule has 3 aromatic carbocycles. The Morgan fingerprint density at radius 1 is 0.912 bits per heavy atom. The number of aromatic hydroxyl groups is 1. The van der Waals surface area contributed by atoms with Crippen molar-refractivity contribution in [2.45, 2.75) is 25.4 Å². The molecule has 1 saturated heterocycles. The van der Waals surface area contributed by atoms with Crippen LogP contribution in [0.1, 0.15) is 42.1 Å². The first kappa shape index (κ1) is 22.4. The molecular formula is C29H31NO4. The van der Waals surface area contributed by atoms with E-state index in [0.717, 1.165) is 40.3 Å². The fraction of sp³-hybridized carbons (Fsp3) is 0.310. The van der Waals surface area contributed by atoms with Crippen LogP contribution in [0, 0.1) is 0 Å². The lowest BCUT2D eigenvalue weighted by Gasteiger charge is -2.28. The minimum atomic E-state index is -0.301. The average molecular weight is 458 g/mol. The summed E-state index contributed by atoms with van der Waals surface area (Å²) in [5, 5.41) is 9.96. The lowest BCUT2D eigenvalue weighted by molar-refractivity contribution is 0.183. The SMILES string of the molecule is COc1ccc(C2=Cc3ccc(O)cc3OC2c2ccc(OCCN3CCCCC3)cc2)cc1. The van der Waals surface area contributed by atoms with Crippen molar-refractivity contribution in [2.75, 3.05) is 33.4 Å². The third-order valence-electron chi connectivity index (χ3n) is 6.57. The Hall–Kier alpha value is -3.44. The molecule has 0 aliphatic carbocycles. The highest BCUT2D eigenvalue weighted by Gasteiger charge is 2.26. The van der Waals surface area contributed by atoms with E-state index in [2.05, 4.69) is 23.1 Å². The van der Waals surface area contributed by atoms with Crippen molar-refractivity contribution in [1.82, 2.24) is 4.90 Å². The van der Waals surface area contributed by atoms with E-state index >= 15 is 0 Å². The van der Waals surface area contributed by atoms with Crippen LogP contribution in [0.25, 0.3) is 11.6 Å². The molecule has 5 nitrogen and oxygen atoms in total. The Morgan fingerprint density at radius 3 is 2.38 bits per heavy atom. The van der Waals surface area contributed by atoms with Crippen LogP contribution in [0.15, 0.2) is 66.7 Å². The Morgan fingerprint density at radius 2 is 1.65 bits per heavy atom. The molecule has 176 valence electrons. The monoisotopic (exact) mass is 457 g/mol. The van der Waals surface area contributed by atoms with Crippen molar-refractivity contribution in [3.8, 4) is 23.0 Å². The van der Waals surface area contributed by atoms with E-state index in [0.29, 0.717) is 12.4 Å². The van der Waals surface area contributed by atoms with Gasteiger partial charge in [0.15, 0.2) is 0 Å². The lowest BCUT2D eigenvalue weighted by Crippen LogP contribution is -2.33. The summed E-state index contributed by atoms with van der Waals surface area (Å²) in [5.74, 6) is 2.54. The quantitative estimate of drug-likeness (QED) is 0.476. The van der Waals surface area contributed by atoms with Crippen LogP contribution < -0.4 is 14.2 Å². The maximum Gasteiger partial charge on any atom is 0.149 e. The van der Waals surface area contributed by atoms with Gasteiger partial charge >= 0.3 is 0 Å². The number of nitrogens with zero attached hydrogens (tertiary/aromatic N) is 1. The predicted octanol–water partition coefficient (Wildman–Crippen LogP) is 5.94. The van der Waals surface area contributed by atoms with Crippen LogP contribution >= 0.6 is 0 Å². The molecule has 2 aliphatic rings. The Balaban J connectivity index is 1.35. The summed E-state index contributed by atoms with van der Waals surface area (Å²) in [5.41, 5.74) is 4.09. The maximum atomic E-state index is 9.96. The van der Waals surface area contributed by atoms with Gasteiger partial charge in [-0.3, -0.25) is 4.90 Å². The Bertz CT molecular complexity index is 1130. The Kier molecular flexibility index (Phi) is 6.72. The zero-order valence-electron chi connectivity index (χ0n) is 19.6. The molecule has 1 atom stereocenters. The lowest BCUT2D eigenvalue weighted by atomic mass is 9.91. The summed E-state index contributed by atoms with van der Waals surface area (Å²) < 4.78 is 17.8. The average Bonchev–Trinajstić information content (AvgIpc) is 2.89. The van der Waals surface area contributed by atoms with Gasteiger partial charge in [0.2, 0.25) is 0 Å². The number of phenols is 1. The number of likely N-dealkylation sites (tertiary alicyclic amines) is 1. The van der Waals surface area contributed by atoms with Crippen LogP contribution in [-0.2, 0) is 0 Å². The normalized spacial score (nSPS) is 17.9. The molecular weight excluding hydrogens is 426 g/mol.